The molecule has 3 aliphatic rings. The monoisotopic (exact) mass is 269 g/mol. The van der Waals surface area contributed by atoms with Crippen molar-refractivity contribution in [2.75, 3.05) is 52.7 Å². The lowest BCUT2D eigenvalue weighted by molar-refractivity contribution is -0.0943. The molecule has 0 aromatic rings. The van der Waals surface area contributed by atoms with E-state index in [2.05, 4.69) is 4.90 Å². The summed E-state index contributed by atoms with van der Waals surface area (Å²) in [5.74, 6) is 0. The van der Waals surface area contributed by atoms with E-state index in [-0.39, 0.29) is 0 Å². The van der Waals surface area contributed by atoms with Gasteiger partial charge in [0, 0.05) is 19.8 Å². The molecule has 0 aliphatic carbocycles. The highest BCUT2D eigenvalue weighted by molar-refractivity contribution is 4.87. The highest BCUT2D eigenvalue weighted by Gasteiger charge is 2.35. The molecule has 4 nitrogen and oxygen atoms in total. The number of nitrogens with zero attached hydrogens (tertiary/aromatic N) is 1. The van der Waals surface area contributed by atoms with E-state index < -0.39 is 0 Å². The standard InChI is InChI=1S/C15H27NO3/c1(14-13-18-11-12-19-14)6-16-7-2-15(3-8-16)4-9-17-10-5-15/h14H,1-13H2. The van der Waals surface area contributed by atoms with E-state index in [1.165, 1.54) is 45.3 Å². The first-order chi connectivity index (χ1) is 9.36. The molecule has 0 saturated carbocycles. The van der Waals surface area contributed by atoms with Crippen LogP contribution in [-0.4, -0.2) is 63.7 Å². The summed E-state index contributed by atoms with van der Waals surface area (Å²) < 4.78 is 16.7. The molecule has 3 rings (SSSR count). The molecule has 0 aromatic heterocycles. The molecule has 0 bridgehead atoms. The first-order valence-corrected chi connectivity index (χ1v) is 7.86. The molecule has 1 spiro atoms. The summed E-state index contributed by atoms with van der Waals surface area (Å²) in [5, 5.41) is 0. The van der Waals surface area contributed by atoms with E-state index in [1.807, 2.05) is 0 Å². The Kier molecular flexibility index (Phi) is 4.74. The number of likely N-dealkylation sites (tertiary alicyclic amines) is 1. The maximum absolute atomic E-state index is 5.71. The van der Waals surface area contributed by atoms with Crippen molar-refractivity contribution in [3.05, 3.63) is 0 Å². The minimum atomic E-state index is 0.327. The van der Waals surface area contributed by atoms with Crippen molar-refractivity contribution in [1.82, 2.24) is 4.90 Å². The average molecular weight is 269 g/mol. The molecule has 3 aliphatic heterocycles. The molecule has 0 radical (unpaired) electrons. The van der Waals surface area contributed by atoms with Gasteiger partial charge in [-0.25, -0.2) is 0 Å². The van der Waals surface area contributed by atoms with Crippen LogP contribution in [0, 0.1) is 5.41 Å². The Morgan fingerprint density at radius 3 is 2.37 bits per heavy atom. The summed E-state index contributed by atoms with van der Waals surface area (Å²) in [6, 6.07) is 0. The van der Waals surface area contributed by atoms with Crippen LogP contribution in [0.5, 0.6) is 0 Å². The first kappa shape index (κ1) is 13.8. The fourth-order valence-corrected chi connectivity index (χ4v) is 3.59. The van der Waals surface area contributed by atoms with E-state index in [1.54, 1.807) is 0 Å². The maximum Gasteiger partial charge on any atom is 0.0821 e. The summed E-state index contributed by atoms with van der Waals surface area (Å²) in [4.78, 5) is 2.61. The largest absolute Gasteiger partial charge is 0.381 e. The van der Waals surface area contributed by atoms with E-state index >= 15 is 0 Å². The molecule has 1 atom stereocenters. The van der Waals surface area contributed by atoms with Crippen LogP contribution in [-0.2, 0) is 14.2 Å². The van der Waals surface area contributed by atoms with Gasteiger partial charge in [-0.05, 0) is 50.6 Å². The third-order valence-corrected chi connectivity index (χ3v) is 5.12. The number of ether oxygens (including phenoxy) is 3. The quantitative estimate of drug-likeness (QED) is 0.780. The van der Waals surface area contributed by atoms with Gasteiger partial charge in [0.2, 0.25) is 0 Å². The topological polar surface area (TPSA) is 30.9 Å². The van der Waals surface area contributed by atoms with Crippen LogP contribution in [0.15, 0.2) is 0 Å². The summed E-state index contributed by atoms with van der Waals surface area (Å²) in [7, 11) is 0. The van der Waals surface area contributed by atoms with Crippen LogP contribution in [0.4, 0.5) is 0 Å². The third-order valence-electron chi connectivity index (χ3n) is 5.12. The maximum atomic E-state index is 5.71. The van der Waals surface area contributed by atoms with E-state index in [9.17, 15) is 0 Å². The normalized spacial score (nSPS) is 32.5. The molecule has 3 saturated heterocycles. The van der Waals surface area contributed by atoms with Gasteiger partial charge in [-0.3, -0.25) is 0 Å². The zero-order valence-electron chi connectivity index (χ0n) is 11.9. The van der Waals surface area contributed by atoms with E-state index in [4.69, 9.17) is 14.2 Å². The number of hydrogen-bond acceptors (Lipinski definition) is 4. The molecule has 0 amide bonds. The smallest absolute Gasteiger partial charge is 0.0821 e. The van der Waals surface area contributed by atoms with Crippen LogP contribution in [0.25, 0.3) is 0 Å². The van der Waals surface area contributed by atoms with Crippen molar-refractivity contribution in [2.24, 2.45) is 5.41 Å². The predicted octanol–water partition coefficient (Wildman–Crippen LogP) is 1.68. The zero-order chi connectivity index (χ0) is 13.0. The van der Waals surface area contributed by atoms with Gasteiger partial charge in [0.25, 0.3) is 0 Å². The summed E-state index contributed by atoms with van der Waals surface area (Å²) in [5.41, 5.74) is 0.610. The highest BCUT2D eigenvalue weighted by Crippen LogP contribution is 2.40. The second kappa shape index (κ2) is 6.53. The molecule has 19 heavy (non-hydrogen) atoms. The Morgan fingerprint density at radius 2 is 1.68 bits per heavy atom. The van der Waals surface area contributed by atoms with Crippen molar-refractivity contribution in [1.29, 1.82) is 0 Å². The second-order valence-electron chi connectivity index (χ2n) is 6.31. The molecule has 3 heterocycles. The average Bonchev–Trinajstić information content (AvgIpc) is 2.49. The molecule has 0 aromatic carbocycles. The van der Waals surface area contributed by atoms with Gasteiger partial charge in [0.1, 0.15) is 0 Å². The summed E-state index contributed by atoms with van der Waals surface area (Å²) in [6.07, 6.45) is 6.72. The van der Waals surface area contributed by atoms with Crippen LogP contribution < -0.4 is 0 Å². The number of rotatable bonds is 3. The zero-order valence-corrected chi connectivity index (χ0v) is 11.9. The van der Waals surface area contributed by atoms with E-state index in [0.717, 1.165) is 39.5 Å². The lowest BCUT2D eigenvalue weighted by Crippen LogP contribution is -2.44. The number of hydrogen-bond donors (Lipinski definition) is 0. The lowest BCUT2D eigenvalue weighted by atomic mass is 9.72. The van der Waals surface area contributed by atoms with E-state index in [0.29, 0.717) is 11.5 Å². The van der Waals surface area contributed by atoms with Gasteiger partial charge in [-0.1, -0.05) is 0 Å². The van der Waals surface area contributed by atoms with Crippen LogP contribution in [0.1, 0.15) is 32.1 Å². The number of piperidine rings is 1. The molecule has 110 valence electrons. The third kappa shape index (κ3) is 3.69. The van der Waals surface area contributed by atoms with Crippen molar-refractivity contribution in [3.63, 3.8) is 0 Å². The molecule has 4 heteroatoms. The summed E-state index contributed by atoms with van der Waals surface area (Å²) >= 11 is 0. The Balaban J connectivity index is 1.37. The van der Waals surface area contributed by atoms with Crippen molar-refractivity contribution >= 4 is 0 Å². The second-order valence-corrected chi connectivity index (χ2v) is 6.31. The summed E-state index contributed by atoms with van der Waals surface area (Å²) in [6.45, 7) is 7.97. The molecule has 1 unspecified atom stereocenters. The van der Waals surface area contributed by atoms with Crippen LogP contribution in [0.2, 0.25) is 0 Å². The Hall–Kier alpha value is -0.160. The fourth-order valence-electron chi connectivity index (χ4n) is 3.59. The van der Waals surface area contributed by atoms with Crippen LogP contribution in [0.3, 0.4) is 0 Å². The Labute approximate surface area is 116 Å². The van der Waals surface area contributed by atoms with Gasteiger partial charge in [0.05, 0.1) is 25.9 Å². The van der Waals surface area contributed by atoms with Gasteiger partial charge in [-0.15, -0.1) is 0 Å². The van der Waals surface area contributed by atoms with Gasteiger partial charge < -0.3 is 19.1 Å². The molecule has 0 N–H and O–H groups in total. The molecular weight excluding hydrogens is 242 g/mol. The lowest BCUT2D eigenvalue weighted by Gasteiger charge is -2.44. The first-order valence-electron chi connectivity index (χ1n) is 7.86. The van der Waals surface area contributed by atoms with Gasteiger partial charge in [-0.2, -0.15) is 0 Å². The molecule has 3 fully saturated rings. The van der Waals surface area contributed by atoms with Crippen molar-refractivity contribution in [2.45, 2.75) is 38.2 Å². The SMILES string of the molecule is C1CC2(CCO1)CCN(CCC1COCCO1)CC2. The highest BCUT2D eigenvalue weighted by atomic mass is 16.6. The fraction of sp³-hybridized carbons (Fsp3) is 1.00. The van der Waals surface area contributed by atoms with Gasteiger partial charge >= 0.3 is 0 Å². The minimum absolute atomic E-state index is 0.327. The Bertz CT molecular complexity index is 260. The predicted molar refractivity (Wildman–Crippen MR) is 73.3 cm³/mol. The Morgan fingerprint density at radius 1 is 0.895 bits per heavy atom. The van der Waals surface area contributed by atoms with Crippen molar-refractivity contribution < 1.29 is 14.2 Å². The van der Waals surface area contributed by atoms with Gasteiger partial charge in [0.15, 0.2) is 0 Å². The molecular formula is C15H27NO3. The van der Waals surface area contributed by atoms with Crippen molar-refractivity contribution in [3.8, 4) is 0 Å². The minimum Gasteiger partial charge on any atom is -0.381 e. The van der Waals surface area contributed by atoms with Crippen LogP contribution >= 0.6 is 0 Å².